The molecule has 0 aromatic rings. The fraction of sp³-hybridized carbons (Fsp3) is 1.00. The molecule has 17 heavy (non-hydrogen) atoms. The predicted molar refractivity (Wildman–Crippen MR) is 75.5 cm³/mol. The Morgan fingerprint density at radius 3 is 2.24 bits per heavy atom. The Labute approximate surface area is 108 Å². The van der Waals surface area contributed by atoms with Gasteiger partial charge in [0.1, 0.15) is 0 Å². The third-order valence-corrected chi connectivity index (χ3v) is 2.89. The van der Waals surface area contributed by atoms with Gasteiger partial charge in [0.2, 0.25) is 0 Å². The monoisotopic (exact) mass is 244 g/mol. The molecule has 0 aromatic carbocycles. The van der Waals surface area contributed by atoms with Crippen molar-refractivity contribution in [2.24, 2.45) is 11.8 Å². The van der Waals surface area contributed by atoms with Gasteiger partial charge in [-0.05, 0) is 38.0 Å². The summed E-state index contributed by atoms with van der Waals surface area (Å²) in [5.41, 5.74) is 0. The van der Waals surface area contributed by atoms with Crippen molar-refractivity contribution in [3.8, 4) is 0 Å². The van der Waals surface area contributed by atoms with Crippen LogP contribution in [0.2, 0.25) is 0 Å². The smallest absolute Gasteiger partial charge is 0.0593 e. The highest BCUT2D eigenvalue weighted by Gasteiger charge is 2.03. The molecule has 0 bridgehead atoms. The number of rotatable bonds is 11. The maximum atomic E-state index is 5.71. The topological polar surface area (TPSA) is 24.5 Å². The molecular weight excluding hydrogens is 212 g/mol. The molecule has 0 amide bonds. The largest absolute Gasteiger partial charge is 0.380 e. The van der Waals surface area contributed by atoms with Crippen molar-refractivity contribution in [2.45, 2.75) is 34.6 Å². The summed E-state index contributed by atoms with van der Waals surface area (Å²) in [6, 6.07) is 0. The summed E-state index contributed by atoms with van der Waals surface area (Å²) in [5.74, 6) is 1.33. The minimum absolute atomic E-state index is 0.602. The number of nitrogens with zero attached hydrogens (tertiary/aromatic N) is 1. The Kier molecular flexibility index (Phi) is 10.9. The summed E-state index contributed by atoms with van der Waals surface area (Å²) >= 11 is 0. The van der Waals surface area contributed by atoms with E-state index in [1.807, 2.05) is 0 Å². The molecule has 3 heteroatoms. The molecule has 1 unspecified atom stereocenters. The van der Waals surface area contributed by atoms with Gasteiger partial charge in [0.25, 0.3) is 0 Å². The van der Waals surface area contributed by atoms with Crippen molar-refractivity contribution in [1.82, 2.24) is 10.2 Å². The highest BCUT2D eigenvalue weighted by Crippen LogP contribution is 1.96. The molecule has 3 nitrogen and oxygen atoms in total. The number of hydrogen-bond donors (Lipinski definition) is 1. The van der Waals surface area contributed by atoms with E-state index in [4.69, 9.17) is 4.74 Å². The first-order valence-electron chi connectivity index (χ1n) is 7.10. The van der Waals surface area contributed by atoms with Crippen LogP contribution in [-0.2, 0) is 4.74 Å². The molecule has 104 valence electrons. The molecule has 0 saturated carbocycles. The molecule has 0 spiro atoms. The fourth-order valence-corrected chi connectivity index (χ4v) is 1.70. The summed E-state index contributed by atoms with van der Waals surface area (Å²) in [6.45, 7) is 18.3. The van der Waals surface area contributed by atoms with Gasteiger partial charge in [0, 0.05) is 6.54 Å². The summed E-state index contributed by atoms with van der Waals surface area (Å²) in [7, 11) is 0. The zero-order valence-corrected chi connectivity index (χ0v) is 12.5. The molecule has 0 aliphatic carbocycles. The van der Waals surface area contributed by atoms with Gasteiger partial charge in [0.15, 0.2) is 0 Å². The first-order valence-corrected chi connectivity index (χ1v) is 7.10. The van der Waals surface area contributed by atoms with E-state index in [0.717, 1.165) is 51.9 Å². The molecule has 1 N–H and O–H groups in total. The first-order chi connectivity index (χ1) is 8.10. The molecule has 0 aromatic heterocycles. The van der Waals surface area contributed by atoms with Gasteiger partial charge in [-0.1, -0.05) is 34.6 Å². The zero-order valence-electron chi connectivity index (χ0n) is 12.5. The second-order valence-electron chi connectivity index (χ2n) is 5.26. The molecule has 1 atom stereocenters. The maximum absolute atomic E-state index is 5.71. The third kappa shape index (κ3) is 10.7. The van der Waals surface area contributed by atoms with E-state index < -0.39 is 0 Å². The zero-order chi connectivity index (χ0) is 13.1. The van der Waals surface area contributed by atoms with Crippen molar-refractivity contribution >= 4 is 0 Å². The van der Waals surface area contributed by atoms with Crippen molar-refractivity contribution in [2.75, 3.05) is 45.9 Å². The number of nitrogens with one attached hydrogen (secondary N) is 1. The standard InChI is InChI=1S/C14H32N2O/c1-6-16(7-2)8-9-17-12-14(5)11-15-10-13(3)4/h13-15H,6-12H2,1-5H3. The highest BCUT2D eigenvalue weighted by molar-refractivity contribution is 4.58. The Morgan fingerprint density at radius 2 is 1.71 bits per heavy atom. The molecule has 0 rings (SSSR count). The second-order valence-corrected chi connectivity index (χ2v) is 5.26. The molecule has 0 radical (unpaired) electrons. The highest BCUT2D eigenvalue weighted by atomic mass is 16.5. The van der Waals surface area contributed by atoms with E-state index in [0.29, 0.717) is 5.92 Å². The van der Waals surface area contributed by atoms with E-state index in [-0.39, 0.29) is 0 Å². The van der Waals surface area contributed by atoms with Crippen LogP contribution in [0.25, 0.3) is 0 Å². The molecule has 0 saturated heterocycles. The van der Waals surface area contributed by atoms with Crippen molar-refractivity contribution in [1.29, 1.82) is 0 Å². The van der Waals surface area contributed by atoms with Crippen LogP contribution in [0.5, 0.6) is 0 Å². The Balaban J connectivity index is 3.35. The Bertz CT molecular complexity index is 158. The lowest BCUT2D eigenvalue weighted by atomic mass is 10.2. The minimum Gasteiger partial charge on any atom is -0.380 e. The van der Waals surface area contributed by atoms with Gasteiger partial charge in [0.05, 0.1) is 13.2 Å². The number of hydrogen-bond acceptors (Lipinski definition) is 3. The van der Waals surface area contributed by atoms with Crippen LogP contribution in [-0.4, -0.2) is 50.8 Å². The number of likely N-dealkylation sites (N-methyl/N-ethyl adjacent to an activating group) is 1. The van der Waals surface area contributed by atoms with E-state index >= 15 is 0 Å². The van der Waals surface area contributed by atoms with Gasteiger partial charge in [-0.25, -0.2) is 0 Å². The average Bonchev–Trinajstić information content (AvgIpc) is 2.29. The maximum Gasteiger partial charge on any atom is 0.0593 e. The van der Waals surface area contributed by atoms with Crippen LogP contribution in [0, 0.1) is 11.8 Å². The van der Waals surface area contributed by atoms with Gasteiger partial charge in [-0.2, -0.15) is 0 Å². The van der Waals surface area contributed by atoms with E-state index in [1.54, 1.807) is 0 Å². The SMILES string of the molecule is CCN(CC)CCOCC(C)CNCC(C)C. The molecule has 0 aliphatic rings. The van der Waals surface area contributed by atoms with Crippen LogP contribution in [0.1, 0.15) is 34.6 Å². The lowest BCUT2D eigenvalue weighted by Gasteiger charge is -2.19. The Hall–Kier alpha value is -0.120. The normalized spacial score (nSPS) is 13.6. The quantitative estimate of drug-likeness (QED) is 0.564. The molecule has 0 aliphatic heterocycles. The average molecular weight is 244 g/mol. The van der Waals surface area contributed by atoms with Gasteiger partial charge in [-0.3, -0.25) is 0 Å². The molecule has 0 heterocycles. The number of ether oxygens (including phenoxy) is 1. The van der Waals surface area contributed by atoms with Crippen LogP contribution < -0.4 is 5.32 Å². The van der Waals surface area contributed by atoms with Crippen LogP contribution in [0.15, 0.2) is 0 Å². The second kappa shape index (κ2) is 11.0. The van der Waals surface area contributed by atoms with Crippen LogP contribution >= 0.6 is 0 Å². The van der Waals surface area contributed by atoms with E-state index in [1.165, 1.54) is 0 Å². The summed E-state index contributed by atoms with van der Waals surface area (Å²) in [5, 5.41) is 3.47. The Morgan fingerprint density at radius 1 is 1.06 bits per heavy atom. The lowest BCUT2D eigenvalue weighted by molar-refractivity contribution is 0.0836. The first kappa shape index (κ1) is 16.9. The summed E-state index contributed by atoms with van der Waals surface area (Å²) in [6.07, 6.45) is 0. The van der Waals surface area contributed by atoms with Crippen molar-refractivity contribution < 1.29 is 4.74 Å². The van der Waals surface area contributed by atoms with Gasteiger partial charge < -0.3 is 15.0 Å². The summed E-state index contributed by atoms with van der Waals surface area (Å²) in [4.78, 5) is 2.39. The lowest BCUT2D eigenvalue weighted by Crippen LogP contribution is -2.30. The summed E-state index contributed by atoms with van der Waals surface area (Å²) < 4.78 is 5.71. The van der Waals surface area contributed by atoms with E-state index in [2.05, 4.69) is 44.8 Å². The molecular formula is C14H32N2O. The van der Waals surface area contributed by atoms with Crippen molar-refractivity contribution in [3.05, 3.63) is 0 Å². The van der Waals surface area contributed by atoms with E-state index in [9.17, 15) is 0 Å². The van der Waals surface area contributed by atoms with Crippen LogP contribution in [0.4, 0.5) is 0 Å². The molecule has 0 fully saturated rings. The minimum atomic E-state index is 0.602. The van der Waals surface area contributed by atoms with Gasteiger partial charge >= 0.3 is 0 Å². The fourth-order valence-electron chi connectivity index (χ4n) is 1.70. The van der Waals surface area contributed by atoms with Gasteiger partial charge in [-0.15, -0.1) is 0 Å². The van der Waals surface area contributed by atoms with Crippen LogP contribution in [0.3, 0.4) is 0 Å². The van der Waals surface area contributed by atoms with Crippen molar-refractivity contribution in [3.63, 3.8) is 0 Å². The third-order valence-electron chi connectivity index (χ3n) is 2.89. The predicted octanol–water partition coefficient (Wildman–Crippen LogP) is 2.23.